The molecule has 32 heavy (non-hydrogen) atoms. The number of hydrogen-bond donors (Lipinski definition) is 0. The molecule has 0 aromatic heterocycles. The largest absolute Gasteiger partial charge is 0.457 e. The molecule has 2 aliphatic rings. The van der Waals surface area contributed by atoms with Crippen LogP contribution in [-0.4, -0.2) is 37.2 Å². The Balaban J connectivity index is 1.42. The highest BCUT2D eigenvalue weighted by Gasteiger charge is 2.35. The molecule has 0 aliphatic carbocycles. The van der Waals surface area contributed by atoms with E-state index in [4.69, 9.17) is 4.74 Å². The van der Waals surface area contributed by atoms with Crippen molar-refractivity contribution >= 4 is 17.1 Å². The molecular weight excluding hydrogens is 396 g/mol. The van der Waals surface area contributed by atoms with Gasteiger partial charge in [-0.15, -0.1) is 0 Å². The number of ether oxygens (including phenoxy) is 1. The SMILES string of the molecule is CN1C=CN(c2cccc(Oc3cccc(N4CN(C)C(C)(C)c5ccccc54)c3)c2)C1. The van der Waals surface area contributed by atoms with Gasteiger partial charge in [0, 0.05) is 54.2 Å². The zero-order chi connectivity index (χ0) is 22.3. The first-order valence-corrected chi connectivity index (χ1v) is 11.0. The van der Waals surface area contributed by atoms with E-state index in [1.807, 2.05) is 18.2 Å². The average molecular weight is 427 g/mol. The summed E-state index contributed by atoms with van der Waals surface area (Å²) >= 11 is 0. The van der Waals surface area contributed by atoms with Gasteiger partial charge in [0.05, 0.1) is 13.3 Å². The Labute approximate surface area is 190 Å². The first-order valence-electron chi connectivity index (χ1n) is 11.0. The topological polar surface area (TPSA) is 22.2 Å². The minimum Gasteiger partial charge on any atom is -0.457 e. The van der Waals surface area contributed by atoms with Crippen molar-refractivity contribution in [2.24, 2.45) is 0 Å². The van der Waals surface area contributed by atoms with Gasteiger partial charge in [-0.05, 0) is 56.8 Å². The lowest BCUT2D eigenvalue weighted by molar-refractivity contribution is 0.150. The molecule has 5 nitrogen and oxygen atoms in total. The summed E-state index contributed by atoms with van der Waals surface area (Å²) in [6, 6.07) is 25.3. The summed E-state index contributed by atoms with van der Waals surface area (Å²) < 4.78 is 6.29. The molecule has 2 aliphatic heterocycles. The van der Waals surface area contributed by atoms with Gasteiger partial charge in [-0.25, -0.2) is 0 Å². The van der Waals surface area contributed by atoms with Gasteiger partial charge in [0.1, 0.15) is 11.5 Å². The Morgan fingerprint density at radius 1 is 0.750 bits per heavy atom. The Hall–Kier alpha value is -3.44. The van der Waals surface area contributed by atoms with Gasteiger partial charge in [-0.3, -0.25) is 4.90 Å². The lowest BCUT2D eigenvalue weighted by atomic mass is 9.88. The molecule has 164 valence electrons. The summed E-state index contributed by atoms with van der Waals surface area (Å²) in [7, 11) is 4.25. The Bertz CT molecular complexity index is 1160. The molecule has 0 unspecified atom stereocenters. The molecule has 0 radical (unpaired) electrons. The van der Waals surface area contributed by atoms with Gasteiger partial charge >= 0.3 is 0 Å². The Kier molecular flexibility index (Phi) is 5.06. The van der Waals surface area contributed by atoms with E-state index in [0.29, 0.717) is 0 Å². The summed E-state index contributed by atoms with van der Waals surface area (Å²) in [5.41, 5.74) is 4.81. The molecule has 0 saturated carbocycles. The number of fused-ring (bicyclic) bond motifs is 1. The fourth-order valence-corrected chi connectivity index (χ4v) is 4.39. The molecule has 0 spiro atoms. The number of hydrogen-bond acceptors (Lipinski definition) is 5. The van der Waals surface area contributed by atoms with Crippen molar-refractivity contribution in [2.75, 3.05) is 37.2 Å². The molecule has 3 aromatic rings. The van der Waals surface area contributed by atoms with Crippen LogP contribution < -0.4 is 14.5 Å². The number of para-hydroxylation sites is 1. The molecule has 3 aromatic carbocycles. The third-order valence-corrected chi connectivity index (χ3v) is 6.55. The highest BCUT2D eigenvalue weighted by molar-refractivity contribution is 5.70. The molecule has 2 heterocycles. The summed E-state index contributed by atoms with van der Waals surface area (Å²) in [6.45, 7) is 6.22. The fraction of sp³-hybridized carbons (Fsp3) is 0.259. The lowest BCUT2D eigenvalue weighted by Crippen LogP contribution is -2.49. The number of anilines is 3. The smallest absolute Gasteiger partial charge is 0.129 e. The van der Waals surface area contributed by atoms with Crippen LogP contribution in [-0.2, 0) is 5.54 Å². The second kappa shape index (κ2) is 7.92. The van der Waals surface area contributed by atoms with Crippen LogP contribution in [0.5, 0.6) is 11.5 Å². The Morgan fingerprint density at radius 2 is 1.44 bits per heavy atom. The maximum absolute atomic E-state index is 6.29. The predicted molar refractivity (Wildman–Crippen MR) is 131 cm³/mol. The van der Waals surface area contributed by atoms with Crippen molar-refractivity contribution in [2.45, 2.75) is 19.4 Å². The highest BCUT2D eigenvalue weighted by atomic mass is 16.5. The van der Waals surface area contributed by atoms with Gasteiger partial charge in [0.25, 0.3) is 0 Å². The molecular formula is C27H30N4O. The number of nitrogens with zero attached hydrogens (tertiary/aromatic N) is 4. The minimum atomic E-state index is -0.0142. The first kappa shape index (κ1) is 20.5. The number of rotatable bonds is 4. The van der Waals surface area contributed by atoms with E-state index in [0.717, 1.165) is 36.2 Å². The van der Waals surface area contributed by atoms with Gasteiger partial charge in [0.15, 0.2) is 0 Å². The third kappa shape index (κ3) is 3.69. The van der Waals surface area contributed by atoms with E-state index in [1.165, 1.54) is 11.3 Å². The van der Waals surface area contributed by atoms with E-state index in [-0.39, 0.29) is 5.54 Å². The average Bonchev–Trinajstić information content (AvgIpc) is 3.23. The maximum atomic E-state index is 6.29. The van der Waals surface area contributed by atoms with Crippen LogP contribution in [0.4, 0.5) is 17.1 Å². The van der Waals surface area contributed by atoms with E-state index >= 15 is 0 Å². The maximum Gasteiger partial charge on any atom is 0.129 e. The van der Waals surface area contributed by atoms with Crippen molar-refractivity contribution in [1.29, 1.82) is 0 Å². The number of benzene rings is 3. The van der Waals surface area contributed by atoms with Crippen LogP contribution in [0, 0.1) is 0 Å². The van der Waals surface area contributed by atoms with Gasteiger partial charge in [0.2, 0.25) is 0 Å². The van der Waals surface area contributed by atoms with Crippen molar-refractivity contribution in [3.8, 4) is 11.5 Å². The second-order valence-electron chi connectivity index (χ2n) is 9.11. The van der Waals surface area contributed by atoms with Crippen LogP contribution in [0.25, 0.3) is 0 Å². The van der Waals surface area contributed by atoms with Crippen LogP contribution >= 0.6 is 0 Å². The van der Waals surface area contributed by atoms with E-state index < -0.39 is 0 Å². The highest BCUT2D eigenvalue weighted by Crippen LogP contribution is 2.42. The van der Waals surface area contributed by atoms with E-state index in [9.17, 15) is 0 Å². The molecule has 0 fully saturated rings. The van der Waals surface area contributed by atoms with E-state index in [2.05, 4.69) is 115 Å². The summed E-state index contributed by atoms with van der Waals surface area (Å²) in [6.07, 6.45) is 4.16. The zero-order valence-electron chi connectivity index (χ0n) is 19.2. The first-order chi connectivity index (χ1) is 15.4. The molecule has 5 heteroatoms. The molecule has 0 amide bonds. The molecule has 0 bridgehead atoms. The van der Waals surface area contributed by atoms with Crippen LogP contribution in [0.2, 0.25) is 0 Å². The van der Waals surface area contributed by atoms with Crippen LogP contribution in [0.1, 0.15) is 19.4 Å². The second-order valence-corrected chi connectivity index (χ2v) is 9.11. The van der Waals surface area contributed by atoms with Gasteiger partial charge < -0.3 is 19.4 Å². The summed E-state index contributed by atoms with van der Waals surface area (Å²) in [5, 5.41) is 0. The van der Waals surface area contributed by atoms with Crippen molar-refractivity contribution in [3.63, 3.8) is 0 Å². The molecule has 0 atom stereocenters. The molecule has 0 saturated heterocycles. The van der Waals surface area contributed by atoms with E-state index in [1.54, 1.807) is 0 Å². The van der Waals surface area contributed by atoms with Crippen LogP contribution in [0.3, 0.4) is 0 Å². The summed E-state index contributed by atoms with van der Waals surface area (Å²) in [5.74, 6) is 1.67. The minimum absolute atomic E-state index is 0.0142. The summed E-state index contributed by atoms with van der Waals surface area (Å²) in [4.78, 5) is 9.08. The third-order valence-electron chi connectivity index (χ3n) is 6.55. The monoisotopic (exact) mass is 426 g/mol. The van der Waals surface area contributed by atoms with Gasteiger partial charge in [-0.2, -0.15) is 0 Å². The lowest BCUT2D eigenvalue weighted by Gasteiger charge is -2.47. The quantitative estimate of drug-likeness (QED) is 0.514. The normalized spacial score (nSPS) is 17.6. The predicted octanol–water partition coefficient (Wildman–Crippen LogP) is 5.94. The van der Waals surface area contributed by atoms with Crippen molar-refractivity contribution < 1.29 is 4.74 Å². The zero-order valence-corrected chi connectivity index (χ0v) is 19.2. The van der Waals surface area contributed by atoms with Crippen LogP contribution in [0.15, 0.2) is 85.2 Å². The molecule has 5 rings (SSSR count). The molecule has 0 N–H and O–H groups in total. The van der Waals surface area contributed by atoms with Gasteiger partial charge in [-0.1, -0.05) is 30.3 Å². The Morgan fingerprint density at radius 3 is 2.16 bits per heavy atom. The standard InChI is InChI=1S/C27H30N4O/c1-27(2)25-13-5-6-14-26(25)31(20-29(27)4)22-10-8-12-24(18-22)32-23-11-7-9-21(17-23)30-16-15-28(3)19-30/h5-18H,19-20H2,1-4H3. The van der Waals surface area contributed by atoms with Crippen molar-refractivity contribution in [3.05, 3.63) is 90.8 Å². The fourth-order valence-electron chi connectivity index (χ4n) is 4.39. The van der Waals surface area contributed by atoms with Crippen molar-refractivity contribution in [1.82, 2.24) is 9.80 Å².